The van der Waals surface area contributed by atoms with Crippen LogP contribution in [0.15, 0.2) is 42.5 Å². The van der Waals surface area contributed by atoms with Crippen molar-refractivity contribution in [2.24, 2.45) is 0 Å². The van der Waals surface area contributed by atoms with Gasteiger partial charge in [0.15, 0.2) is 0 Å². The maximum atomic E-state index is 11.7. The van der Waals surface area contributed by atoms with Gasteiger partial charge in [-0.25, -0.2) is 0 Å². The molecule has 2 aromatic carbocycles. The average Bonchev–Trinajstić information content (AvgIpc) is 3.59. The number of benzene rings is 2. The lowest BCUT2D eigenvalue weighted by atomic mass is 9.88. The number of hydrogen-bond donors (Lipinski definition) is 0. The highest BCUT2D eigenvalue weighted by molar-refractivity contribution is 5.71. The summed E-state index contributed by atoms with van der Waals surface area (Å²) in [5, 5.41) is 0. The van der Waals surface area contributed by atoms with E-state index in [4.69, 9.17) is 9.47 Å². The standard InChI is InChI=1S/C27H30O3/c1-3-6-23(18-26(28)29-2)21-10-12-24(13-11-21)30-19-20-8-9-22-7-4-5-14-27(15-16-27)25(22)17-20/h8-13,17,23H,4-5,7,14-16,18-19H2,1-2H3/t23-/m0/s1. The summed E-state index contributed by atoms with van der Waals surface area (Å²) in [5.41, 5.74) is 5.85. The first-order chi connectivity index (χ1) is 14.6. The molecule has 2 aromatic rings. The Morgan fingerprint density at radius 2 is 1.90 bits per heavy atom. The Bertz CT molecular complexity index is 958. The SMILES string of the molecule is CC#C[C@@H](CC(=O)OC)c1ccc(OCc2ccc3c(c2)C2(CCCC3)CC2)cc1. The predicted molar refractivity (Wildman–Crippen MR) is 119 cm³/mol. The summed E-state index contributed by atoms with van der Waals surface area (Å²) in [6.45, 7) is 2.36. The van der Waals surface area contributed by atoms with Crippen molar-refractivity contribution in [3.8, 4) is 17.6 Å². The number of fused-ring (bicyclic) bond motifs is 2. The first-order valence-corrected chi connectivity index (χ1v) is 11.0. The minimum atomic E-state index is -0.250. The summed E-state index contributed by atoms with van der Waals surface area (Å²) in [6, 6.07) is 14.8. The van der Waals surface area contributed by atoms with Gasteiger partial charge in [-0.3, -0.25) is 4.79 Å². The molecule has 1 spiro atoms. The molecule has 4 rings (SSSR count). The summed E-state index contributed by atoms with van der Waals surface area (Å²) in [6.07, 6.45) is 8.18. The van der Waals surface area contributed by atoms with Gasteiger partial charge in [0.05, 0.1) is 19.4 Å². The first kappa shape index (κ1) is 20.5. The molecule has 0 saturated heterocycles. The number of aryl methyl sites for hydroxylation is 1. The Hall–Kier alpha value is -2.73. The van der Waals surface area contributed by atoms with Crippen LogP contribution in [0.25, 0.3) is 0 Å². The van der Waals surface area contributed by atoms with Crippen LogP contribution in [0.4, 0.5) is 0 Å². The molecule has 0 N–H and O–H groups in total. The van der Waals surface area contributed by atoms with E-state index in [9.17, 15) is 4.79 Å². The number of esters is 1. The maximum Gasteiger partial charge on any atom is 0.307 e. The fourth-order valence-corrected chi connectivity index (χ4v) is 4.65. The summed E-state index contributed by atoms with van der Waals surface area (Å²) >= 11 is 0. The van der Waals surface area contributed by atoms with Crippen molar-refractivity contribution in [2.45, 2.75) is 69.8 Å². The fourth-order valence-electron chi connectivity index (χ4n) is 4.65. The van der Waals surface area contributed by atoms with Gasteiger partial charge in [-0.05, 0) is 78.8 Å². The van der Waals surface area contributed by atoms with Gasteiger partial charge >= 0.3 is 5.97 Å². The molecular formula is C27H30O3. The Balaban J connectivity index is 1.42. The number of ether oxygens (including phenoxy) is 2. The van der Waals surface area contributed by atoms with Gasteiger partial charge in [-0.1, -0.05) is 42.7 Å². The van der Waals surface area contributed by atoms with Crippen LogP contribution >= 0.6 is 0 Å². The van der Waals surface area contributed by atoms with Crippen LogP contribution in [0, 0.1) is 11.8 Å². The lowest BCUT2D eigenvalue weighted by molar-refractivity contribution is -0.140. The van der Waals surface area contributed by atoms with Gasteiger partial charge in [0.2, 0.25) is 0 Å². The third kappa shape index (κ3) is 4.54. The van der Waals surface area contributed by atoms with Crippen molar-refractivity contribution in [1.82, 2.24) is 0 Å². The van der Waals surface area contributed by atoms with Crippen molar-refractivity contribution < 1.29 is 14.3 Å². The molecule has 0 unspecified atom stereocenters. The molecule has 0 radical (unpaired) electrons. The highest BCUT2D eigenvalue weighted by atomic mass is 16.5. The third-order valence-corrected chi connectivity index (χ3v) is 6.56. The third-order valence-electron chi connectivity index (χ3n) is 6.56. The number of carbonyl (C=O) groups excluding carboxylic acids is 1. The van der Waals surface area contributed by atoms with Gasteiger partial charge < -0.3 is 9.47 Å². The van der Waals surface area contributed by atoms with Gasteiger partial charge in [0, 0.05) is 0 Å². The number of methoxy groups -OCH3 is 1. The van der Waals surface area contributed by atoms with E-state index in [1.807, 2.05) is 24.3 Å². The predicted octanol–water partition coefficient (Wildman–Crippen LogP) is 5.69. The highest BCUT2D eigenvalue weighted by Gasteiger charge is 2.45. The van der Waals surface area contributed by atoms with Gasteiger partial charge in [0.25, 0.3) is 0 Å². The van der Waals surface area contributed by atoms with E-state index in [1.54, 1.807) is 18.1 Å². The topological polar surface area (TPSA) is 35.5 Å². The minimum absolute atomic E-state index is 0.157. The molecule has 1 saturated carbocycles. The molecule has 1 fully saturated rings. The van der Waals surface area contributed by atoms with E-state index < -0.39 is 0 Å². The van der Waals surface area contributed by atoms with Crippen LogP contribution in [-0.2, 0) is 28.0 Å². The van der Waals surface area contributed by atoms with Crippen LogP contribution in [0.5, 0.6) is 5.75 Å². The number of rotatable bonds is 6. The Kier molecular flexibility index (Phi) is 6.13. The number of hydrogen-bond acceptors (Lipinski definition) is 3. The van der Waals surface area contributed by atoms with Crippen molar-refractivity contribution in [3.05, 3.63) is 64.7 Å². The maximum absolute atomic E-state index is 11.7. The second-order valence-electron chi connectivity index (χ2n) is 8.56. The monoisotopic (exact) mass is 402 g/mol. The zero-order chi connectivity index (χ0) is 21.0. The molecule has 156 valence electrons. The van der Waals surface area contributed by atoms with E-state index in [2.05, 4.69) is 30.0 Å². The van der Waals surface area contributed by atoms with Crippen LogP contribution in [0.1, 0.15) is 73.6 Å². The molecule has 2 aliphatic rings. The highest BCUT2D eigenvalue weighted by Crippen LogP contribution is 2.54. The second kappa shape index (κ2) is 8.96. The van der Waals surface area contributed by atoms with Gasteiger partial charge in [-0.15, -0.1) is 5.92 Å². The zero-order valence-corrected chi connectivity index (χ0v) is 18.0. The van der Waals surface area contributed by atoms with Gasteiger partial charge in [0.1, 0.15) is 12.4 Å². The average molecular weight is 403 g/mol. The molecule has 30 heavy (non-hydrogen) atoms. The molecule has 1 atom stereocenters. The lowest BCUT2D eigenvalue weighted by Crippen LogP contribution is -2.08. The second-order valence-corrected chi connectivity index (χ2v) is 8.56. The summed E-state index contributed by atoms with van der Waals surface area (Å²) in [5.74, 6) is 6.43. The summed E-state index contributed by atoms with van der Waals surface area (Å²) in [7, 11) is 1.41. The van der Waals surface area contributed by atoms with Crippen LogP contribution in [-0.4, -0.2) is 13.1 Å². The minimum Gasteiger partial charge on any atom is -0.489 e. The Morgan fingerprint density at radius 1 is 1.10 bits per heavy atom. The van der Waals surface area contributed by atoms with Crippen LogP contribution in [0.2, 0.25) is 0 Å². The van der Waals surface area contributed by atoms with Crippen molar-refractivity contribution >= 4 is 5.97 Å². The van der Waals surface area contributed by atoms with Crippen molar-refractivity contribution in [1.29, 1.82) is 0 Å². The number of carbonyl (C=O) groups is 1. The van der Waals surface area contributed by atoms with E-state index in [-0.39, 0.29) is 18.3 Å². The van der Waals surface area contributed by atoms with Crippen molar-refractivity contribution in [3.63, 3.8) is 0 Å². The Morgan fingerprint density at radius 3 is 2.60 bits per heavy atom. The first-order valence-electron chi connectivity index (χ1n) is 11.0. The molecular weight excluding hydrogens is 372 g/mol. The molecule has 0 aliphatic heterocycles. The summed E-state index contributed by atoms with van der Waals surface area (Å²) < 4.78 is 10.9. The van der Waals surface area contributed by atoms with E-state index >= 15 is 0 Å². The van der Waals surface area contributed by atoms with Gasteiger partial charge in [-0.2, -0.15) is 0 Å². The van der Waals surface area contributed by atoms with Crippen LogP contribution < -0.4 is 4.74 Å². The zero-order valence-electron chi connectivity index (χ0n) is 18.0. The van der Waals surface area contributed by atoms with E-state index in [0.717, 1.165) is 11.3 Å². The van der Waals surface area contributed by atoms with E-state index in [1.165, 1.54) is 51.2 Å². The lowest BCUT2D eigenvalue weighted by Gasteiger charge is -2.18. The molecule has 0 amide bonds. The Labute approximate surface area is 179 Å². The molecule has 0 heterocycles. The largest absolute Gasteiger partial charge is 0.489 e. The molecule has 2 aliphatic carbocycles. The fraction of sp³-hybridized carbons (Fsp3) is 0.444. The quantitative estimate of drug-likeness (QED) is 0.460. The molecule has 0 aromatic heterocycles. The molecule has 3 heteroatoms. The van der Waals surface area contributed by atoms with E-state index in [0.29, 0.717) is 12.0 Å². The van der Waals surface area contributed by atoms with Crippen molar-refractivity contribution in [2.75, 3.05) is 7.11 Å². The normalized spacial score (nSPS) is 17.1. The van der Waals surface area contributed by atoms with Crippen LogP contribution in [0.3, 0.4) is 0 Å². The smallest absolute Gasteiger partial charge is 0.307 e. The molecule has 0 bridgehead atoms. The molecule has 3 nitrogen and oxygen atoms in total. The summed E-state index contributed by atoms with van der Waals surface area (Å²) in [4.78, 5) is 11.7.